The van der Waals surface area contributed by atoms with Crippen molar-refractivity contribution >= 4 is 0 Å². The zero-order valence-corrected chi connectivity index (χ0v) is 12.4. The van der Waals surface area contributed by atoms with E-state index in [1.54, 1.807) is 12.4 Å². The van der Waals surface area contributed by atoms with Gasteiger partial charge in [-0.1, -0.05) is 6.07 Å². The van der Waals surface area contributed by atoms with E-state index in [0.717, 1.165) is 16.7 Å². The molecule has 0 saturated carbocycles. The maximum Gasteiger partial charge on any atom is 0.138 e. The first kappa shape index (κ1) is 15.4. The van der Waals surface area contributed by atoms with Gasteiger partial charge in [-0.25, -0.2) is 9.82 Å². The first-order valence-electron chi connectivity index (χ1n) is 6.84. The second-order valence-corrected chi connectivity index (χ2v) is 5.28. The molecule has 1 aromatic heterocycles. The van der Waals surface area contributed by atoms with Gasteiger partial charge in [-0.15, -0.1) is 0 Å². The third-order valence-corrected chi connectivity index (χ3v) is 3.00. The van der Waals surface area contributed by atoms with E-state index in [2.05, 4.69) is 10.4 Å². The minimum absolute atomic E-state index is 0.0581. The van der Waals surface area contributed by atoms with Crippen LogP contribution in [0.5, 0.6) is 5.75 Å². The van der Waals surface area contributed by atoms with Crippen LogP contribution in [-0.2, 0) is 0 Å². The van der Waals surface area contributed by atoms with E-state index in [4.69, 9.17) is 10.6 Å². The zero-order chi connectivity index (χ0) is 15.4. The predicted molar refractivity (Wildman–Crippen MR) is 80.3 cm³/mol. The van der Waals surface area contributed by atoms with Crippen molar-refractivity contribution in [3.63, 3.8) is 0 Å². The maximum absolute atomic E-state index is 13.6. The van der Waals surface area contributed by atoms with Crippen LogP contribution in [0.25, 0.3) is 0 Å². The minimum atomic E-state index is -0.345. The van der Waals surface area contributed by atoms with Gasteiger partial charge in [0, 0.05) is 6.20 Å². The Kier molecular flexibility index (Phi) is 4.88. The molecule has 0 aliphatic carbocycles. The largest absolute Gasteiger partial charge is 0.489 e. The lowest BCUT2D eigenvalue weighted by Gasteiger charge is -2.18. The standard InChI is InChI=1S/C16H20FN3O/c1-10(2)21-15-7-13(8-19-9-15)16(20-18)12-4-11(3)5-14(17)6-12/h4-10,16,20H,18H2,1-3H3. The summed E-state index contributed by atoms with van der Waals surface area (Å²) in [6.07, 6.45) is 3.40. The molecule has 2 aromatic rings. The summed E-state index contributed by atoms with van der Waals surface area (Å²) >= 11 is 0. The Hall–Kier alpha value is -1.98. The number of halogens is 1. The molecule has 4 nitrogen and oxygen atoms in total. The number of hydrogen-bond donors (Lipinski definition) is 2. The van der Waals surface area contributed by atoms with Gasteiger partial charge in [-0.2, -0.15) is 0 Å². The SMILES string of the molecule is Cc1cc(F)cc(C(NN)c2cncc(OC(C)C)c2)c1. The van der Waals surface area contributed by atoms with Crippen LogP contribution in [0, 0.1) is 12.7 Å². The normalized spacial score (nSPS) is 12.5. The molecule has 0 saturated heterocycles. The molecule has 0 aliphatic rings. The molecule has 21 heavy (non-hydrogen) atoms. The third-order valence-electron chi connectivity index (χ3n) is 3.00. The van der Waals surface area contributed by atoms with Crippen LogP contribution in [-0.4, -0.2) is 11.1 Å². The van der Waals surface area contributed by atoms with Crippen molar-refractivity contribution in [2.75, 3.05) is 0 Å². The molecule has 0 aliphatic heterocycles. The molecular weight excluding hydrogens is 269 g/mol. The molecule has 2 rings (SSSR count). The van der Waals surface area contributed by atoms with Gasteiger partial charge in [-0.3, -0.25) is 10.8 Å². The molecule has 1 heterocycles. The first-order chi connectivity index (χ1) is 9.99. The number of hydrazine groups is 1. The molecule has 3 N–H and O–H groups in total. The average Bonchev–Trinajstić information content (AvgIpc) is 2.38. The number of nitrogens with zero attached hydrogens (tertiary/aromatic N) is 1. The molecule has 0 bridgehead atoms. The highest BCUT2D eigenvalue weighted by molar-refractivity contribution is 5.36. The van der Waals surface area contributed by atoms with Crippen LogP contribution in [0.4, 0.5) is 4.39 Å². The predicted octanol–water partition coefficient (Wildman–Crippen LogP) is 2.87. The van der Waals surface area contributed by atoms with Gasteiger partial charge in [0.15, 0.2) is 0 Å². The number of benzene rings is 1. The fourth-order valence-corrected chi connectivity index (χ4v) is 2.25. The summed E-state index contributed by atoms with van der Waals surface area (Å²) in [6, 6.07) is 6.35. The number of nitrogens with two attached hydrogens (primary N) is 1. The van der Waals surface area contributed by atoms with Crippen molar-refractivity contribution in [1.82, 2.24) is 10.4 Å². The number of pyridine rings is 1. The van der Waals surface area contributed by atoms with E-state index < -0.39 is 0 Å². The van der Waals surface area contributed by atoms with Gasteiger partial charge in [-0.05, 0) is 55.7 Å². The number of hydrogen-bond acceptors (Lipinski definition) is 4. The van der Waals surface area contributed by atoms with Crippen LogP contribution in [0.3, 0.4) is 0 Å². The molecule has 5 heteroatoms. The van der Waals surface area contributed by atoms with Crippen molar-refractivity contribution in [2.45, 2.75) is 32.9 Å². The molecule has 112 valence electrons. The van der Waals surface area contributed by atoms with E-state index in [-0.39, 0.29) is 18.0 Å². The van der Waals surface area contributed by atoms with Crippen molar-refractivity contribution in [2.24, 2.45) is 5.84 Å². The molecule has 0 amide bonds. The van der Waals surface area contributed by atoms with Crippen molar-refractivity contribution in [3.8, 4) is 5.75 Å². The number of ether oxygens (including phenoxy) is 1. The number of aryl methyl sites for hydroxylation is 1. The second-order valence-electron chi connectivity index (χ2n) is 5.28. The molecule has 0 fully saturated rings. The molecule has 0 spiro atoms. The number of rotatable bonds is 5. The van der Waals surface area contributed by atoms with Gasteiger partial charge < -0.3 is 4.74 Å². The summed E-state index contributed by atoms with van der Waals surface area (Å²) in [7, 11) is 0. The summed E-state index contributed by atoms with van der Waals surface area (Å²) in [5.74, 6) is 6.03. The van der Waals surface area contributed by atoms with Gasteiger partial charge in [0.25, 0.3) is 0 Å². The first-order valence-corrected chi connectivity index (χ1v) is 6.84. The van der Waals surface area contributed by atoms with Crippen LogP contribution in [0.15, 0.2) is 36.7 Å². The Morgan fingerprint density at radius 2 is 1.90 bits per heavy atom. The molecule has 0 radical (unpaired) electrons. The lowest BCUT2D eigenvalue weighted by Crippen LogP contribution is -2.29. The molecular formula is C16H20FN3O. The van der Waals surface area contributed by atoms with E-state index in [1.165, 1.54) is 12.1 Å². The number of aromatic nitrogens is 1. The molecule has 1 aromatic carbocycles. The van der Waals surface area contributed by atoms with E-state index in [9.17, 15) is 4.39 Å². The van der Waals surface area contributed by atoms with Gasteiger partial charge in [0.05, 0.1) is 18.3 Å². The summed E-state index contributed by atoms with van der Waals surface area (Å²) < 4.78 is 19.2. The second kappa shape index (κ2) is 6.65. The van der Waals surface area contributed by atoms with Crippen LogP contribution in [0.2, 0.25) is 0 Å². The van der Waals surface area contributed by atoms with E-state index >= 15 is 0 Å². The highest BCUT2D eigenvalue weighted by atomic mass is 19.1. The third kappa shape index (κ3) is 4.00. The Labute approximate surface area is 124 Å². The fourth-order valence-electron chi connectivity index (χ4n) is 2.25. The lowest BCUT2D eigenvalue weighted by molar-refractivity contribution is 0.241. The topological polar surface area (TPSA) is 60.2 Å². The van der Waals surface area contributed by atoms with Gasteiger partial charge >= 0.3 is 0 Å². The molecule has 1 atom stereocenters. The summed E-state index contributed by atoms with van der Waals surface area (Å²) in [4.78, 5) is 4.16. The summed E-state index contributed by atoms with van der Waals surface area (Å²) in [6.45, 7) is 5.74. The van der Waals surface area contributed by atoms with Crippen LogP contribution >= 0.6 is 0 Å². The van der Waals surface area contributed by atoms with Gasteiger partial charge in [0.2, 0.25) is 0 Å². The van der Waals surface area contributed by atoms with Crippen molar-refractivity contribution < 1.29 is 9.13 Å². The van der Waals surface area contributed by atoms with Crippen molar-refractivity contribution in [3.05, 3.63) is 59.2 Å². The quantitative estimate of drug-likeness (QED) is 0.656. The van der Waals surface area contributed by atoms with Crippen LogP contribution in [0.1, 0.15) is 36.6 Å². The zero-order valence-electron chi connectivity index (χ0n) is 12.4. The van der Waals surface area contributed by atoms with E-state index in [0.29, 0.717) is 5.75 Å². The lowest BCUT2D eigenvalue weighted by atomic mass is 9.99. The minimum Gasteiger partial charge on any atom is -0.489 e. The van der Waals surface area contributed by atoms with E-state index in [1.807, 2.05) is 32.9 Å². The van der Waals surface area contributed by atoms with Crippen molar-refractivity contribution in [1.29, 1.82) is 0 Å². The van der Waals surface area contributed by atoms with Crippen LogP contribution < -0.4 is 16.0 Å². The summed E-state index contributed by atoms with van der Waals surface area (Å²) in [5, 5.41) is 0. The fraction of sp³-hybridized carbons (Fsp3) is 0.312. The maximum atomic E-state index is 13.6. The highest BCUT2D eigenvalue weighted by Gasteiger charge is 2.15. The van der Waals surface area contributed by atoms with Gasteiger partial charge in [0.1, 0.15) is 11.6 Å². The Bertz CT molecular complexity index is 596. The Morgan fingerprint density at radius 1 is 1.14 bits per heavy atom. The summed E-state index contributed by atoms with van der Waals surface area (Å²) in [5.41, 5.74) is 5.12. The average molecular weight is 289 g/mol. The Balaban J connectivity index is 2.36. The number of nitrogens with one attached hydrogen (secondary N) is 1. The Morgan fingerprint density at radius 3 is 2.52 bits per heavy atom. The molecule has 1 unspecified atom stereocenters. The monoisotopic (exact) mass is 289 g/mol. The smallest absolute Gasteiger partial charge is 0.138 e. The highest BCUT2D eigenvalue weighted by Crippen LogP contribution is 2.25.